The Labute approximate surface area is 194 Å². The number of hydrogen-bond donors (Lipinski definition) is 1. The number of anilines is 1. The molecule has 168 valence electrons. The van der Waals surface area contributed by atoms with Crippen LogP contribution in [0.1, 0.15) is 11.1 Å². The van der Waals surface area contributed by atoms with Crippen molar-refractivity contribution in [3.8, 4) is 11.1 Å². The van der Waals surface area contributed by atoms with Gasteiger partial charge in [0.1, 0.15) is 0 Å². The van der Waals surface area contributed by atoms with Crippen LogP contribution in [-0.2, 0) is 13.6 Å². The highest BCUT2D eigenvalue weighted by Gasteiger charge is 2.14. The van der Waals surface area contributed by atoms with E-state index in [1.807, 2.05) is 31.7 Å². The van der Waals surface area contributed by atoms with Gasteiger partial charge in [-0.25, -0.2) is 9.97 Å². The molecule has 3 heterocycles. The number of piperazine rings is 1. The fourth-order valence-electron chi connectivity index (χ4n) is 4.16. The summed E-state index contributed by atoms with van der Waals surface area (Å²) in [6.45, 7) is 9.65. The first-order chi connectivity index (χ1) is 16.0. The van der Waals surface area contributed by atoms with E-state index in [2.05, 4.69) is 75.2 Å². The molecule has 2 aromatic carbocycles. The lowest BCUT2D eigenvalue weighted by Gasteiger charge is -2.32. The molecule has 0 spiro atoms. The van der Waals surface area contributed by atoms with Crippen LogP contribution in [0.3, 0.4) is 0 Å². The van der Waals surface area contributed by atoms with E-state index in [4.69, 9.17) is 4.98 Å². The number of aromatic nitrogens is 4. The highest BCUT2D eigenvalue weighted by atomic mass is 15.2. The average Bonchev–Trinajstić information content (AvgIpc) is 3.26. The summed E-state index contributed by atoms with van der Waals surface area (Å²) in [5.41, 5.74) is 6.16. The van der Waals surface area contributed by atoms with Gasteiger partial charge >= 0.3 is 0 Å². The molecule has 0 amide bonds. The van der Waals surface area contributed by atoms with Crippen molar-refractivity contribution in [3.05, 3.63) is 78.8 Å². The van der Waals surface area contributed by atoms with Crippen LogP contribution >= 0.6 is 0 Å². The van der Waals surface area contributed by atoms with E-state index in [1.165, 1.54) is 5.56 Å². The number of hydrogen-bond acceptors (Lipinski definition) is 6. The molecule has 1 fully saturated rings. The van der Waals surface area contributed by atoms with Gasteiger partial charge in [0.15, 0.2) is 0 Å². The maximum Gasteiger partial charge on any atom is 0.227 e. The highest BCUT2D eigenvalue weighted by molar-refractivity contribution is 5.85. The predicted octanol–water partition coefficient (Wildman–Crippen LogP) is 3.86. The van der Waals surface area contributed by atoms with Crippen molar-refractivity contribution in [3.63, 3.8) is 0 Å². The Hall–Kier alpha value is -3.55. The fourth-order valence-corrected chi connectivity index (χ4v) is 4.16. The average molecular weight is 440 g/mol. The largest absolute Gasteiger partial charge is 0.324 e. The summed E-state index contributed by atoms with van der Waals surface area (Å²) in [7, 11) is 4.10. The second kappa shape index (κ2) is 9.13. The maximum absolute atomic E-state index is 4.73. The number of nitrogens with zero attached hydrogens (tertiary/aromatic N) is 6. The van der Waals surface area contributed by atoms with Crippen LogP contribution in [0, 0.1) is 0 Å². The van der Waals surface area contributed by atoms with E-state index in [-0.39, 0.29) is 0 Å². The summed E-state index contributed by atoms with van der Waals surface area (Å²) in [5.74, 6) is 0.542. The Balaban J connectivity index is 1.31. The number of rotatable bonds is 6. The maximum atomic E-state index is 4.73. The summed E-state index contributed by atoms with van der Waals surface area (Å²) < 4.78 is 1.80. The molecule has 7 nitrogen and oxygen atoms in total. The van der Waals surface area contributed by atoms with E-state index in [9.17, 15) is 0 Å². The Morgan fingerprint density at radius 3 is 2.64 bits per heavy atom. The van der Waals surface area contributed by atoms with Crippen molar-refractivity contribution in [1.82, 2.24) is 29.5 Å². The molecule has 1 saturated heterocycles. The van der Waals surface area contributed by atoms with E-state index in [1.54, 1.807) is 4.68 Å². The van der Waals surface area contributed by atoms with E-state index in [0.717, 1.165) is 66.0 Å². The molecule has 5 rings (SSSR count). The molecule has 0 radical (unpaired) electrons. The van der Waals surface area contributed by atoms with Crippen molar-refractivity contribution < 1.29 is 0 Å². The second-order valence-corrected chi connectivity index (χ2v) is 8.75. The van der Waals surface area contributed by atoms with Gasteiger partial charge in [0.2, 0.25) is 5.95 Å². The Kier molecular flexibility index (Phi) is 5.90. The van der Waals surface area contributed by atoms with Crippen LogP contribution in [0.2, 0.25) is 0 Å². The minimum atomic E-state index is 0.542. The summed E-state index contributed by atoms with van der Waals surface area (Å²) in [5, 5.41) is 8.56. The summed E-state index contributed by atoms with van der Waals surface area (Å²) in [6, 6.07) is 14.7. The molecular weight excluding hydrogens is 410 g/mol. The Morgan fingerprint density at radius 1 is 1.00 bits per heavy atom. The van der Waals surface area contributed by atoms with Crippen molar-refractivity contribution in [1.29, 1.82) is 0 Å². The lowest BCUT2D eigenvalue weighted by molar-refractivity contribution is 0.148. The molecule has 33 heavy (non-hydrogen) atoms. The molecule has 1 aliphatic heterocycles. The third-order valence-electron chi connectivity index (χ3n) is 6.16. The van der Waals surface area contributed by atoms with Crippen LogP contribution < -0.4 is 5.32 Å². The third kappa shape index (κ3) is 4.94. The van der Waals surface area contributed by atoms with Crippen molar-refractivity contribution in [2.24, 2.45) is 7.05 Å². The van der Waals surface area contributed by atoms with E-state index < -0.39 is 0 Å². The Bertz CT molecular complexity index is 1280. The van der Waals surface area contributed by atoms with Crippen LogP contribution in [0.25, 0.3) is 27.7 Å². The topological polar surface area (TPSA) is 62.1 Å². The monoisotopic (exact) mass is 439 g/mol. The van der Waals surface area contributed by atoms with Gasteiger partial charge in [-0.3, -0.25) is 9.58 Å². The van der Waals surface area contributed by atoms with E-state index in [0.29, 0.717) is 5.95 Å². The molecule has 1 aliphatic rings. The smallest absolute Gasteiger partial charge is 0.227 e. The number of benzene rings is 2. The number of fused-ring (bicyclic) bond motifs is 1. The predicted molar refractivity (Wildman–Crippen MR) is 134 cm³/mol. The first-order valence-electron chi connectivity index (χ1n) is 11.3. The van der Waals surface area contributed by atoms with Gasteiger partial charge in [0.05, 0.1) is 11.7 Å². The van der Waals surface area contributed by atoms with Gasteiger partial charge < -0.3 is 10.2 Å². The number of likely N-dealkylation sites (N-methyl/N-ethyl adjacent to an activating group) is 1. The lowest BCUT2D eigenvalue weighted by atomic mass is 10.1. The van der Waals surface area contributed by atoms with Gasteiger partial charge in [-0.2, -0.15) is 5.10 Å². The SMILES string of the molecule is C=C(Nc1ncc2ccc(-c3cnn(C)c3)cc2n1)c1cccc(CN2CCN(C)CC2)c1. The van der Waals surface area contributed by atoms with Gasteiger partial charge in [-0.05, 0) is 35.9 Å². The summed E-state index contributed by atoms with van der Waals surface area (Å²) >= 11 is 0. The zero-order valence-electron chi connectivity index (χ0n) is 19.2. The van der Waals surface area contributed by atoms with Crippen LogP contribution in [0.15, 0.2) is 67.6 Å². The van der Waals surface area contributed by atoms with Gasteiger partial charge in [0, 0.05) is 68.8 Å². The standard InChI is InChI=1S/C26H29N7/c1-19(21-6-4-5-20(13-21)17-33-11-9-31(2)10-12-33)29-26-27-15-23-8-7-22(14-25(23)30-26)24-16-28-32(3)18-24/h4-8,13-16,18H,1,9-12,17H2,2-3H3,(H,27,29,30). The minimum absolute atomic E-state index is 0.542. The fraction of sp³-hybridized carbons (Fsp3) is 0.269. The van der Waals surface area contributed by atoms with Crippen LogP contribution in [-0.4, -0.2) is 62.8 Å². The normalized spacial score (nSPS) is 15.1. The highest BCUT2D eigenvalue weighted by Crippen LogP contribution is 2.24. The Morgan fingerprint density at radius 2 is 1.85 bits per heavy atom. The van der Waals surface area contributed by atoms with Gasteiger partial charge in [-0.15, -0.1) is 0 Å². The first kappa shape index (κ1) is 21.3. The number of aryl methyl sites for hydroxylation is 1. The van der Waals surface area contributed by atoms with Crippen LogP contribution in [0.5, 0.6) is 0 Å². The zero-order valence-corrected chi connectivity index (χ0v) is 19.2. The molecule has 1 N–H and O–H groups in total. The number of nitrogens with one attached hydrogen (secondary N) is 1. The summed E-state index contributed by atoms with van der Waals surface area (Å²) in [6.07, 6.45) is 5.70. The third-order valence-corrected chi connectivity index (χ3v) is 6.16. The summed E-state index contributed by atoms with van der Waals surface area (Å²) in [4.78, 5) is 14.1. The molecule has 0 atom stereocenters. The molecule has 0 unspecified atom stereocenters. The molecular formula is C26H29N7. The molecule has 4 aromatic rings. The van der Waals surface area contributed by atoms with Crippen molar-refractivity contribution in [2.45, 2.75) is 6.54 Å². The molecule has 0 saturated carbocycles. The molecule has 0 bridgehead atoms. The molecule has 0 aliphatic carbocycles. The minimum Gasteiger partial charge on any atom is -0.324 e. The van der Waals surface area contributed by atoms with Gasteiger partial charge in [-0.1, -0.05) is 36.9 Å². The van der Waals surface area contributed by atoms with Crippen molar-refractivity contribution >= 4 is 22.5 Å². The lowest BCUT2D eigenvalue weighted by Crippen LogP contribution is -2.43. The quantitative estimate of drug-likeness (QED) is 0.492. The van der Waals surface area contributed by atoms with Crippen LogP contribution in [0.4, 0.5) is 5.95 Å². The molecule has 2 aromatic heterocycles. The first-order valence-corrected chi connectivity index (χ1v) is 11.3. The van der Waals surface area contributed by atoms with Crippen molar-refractivity contribution in [2.75, 3.05) is 38.5 Å². The molecule has 7 heteroatoms. The second-order valence-electron chi connectivity index (χ2n) is 8.75. The zero-order chi connectivity index (χ0) is 22.8. The van der Waals surface area contributed by atoms with E-state index >= 15 is 0 Å². The van der Waals surface area contributed by atoms with Gasteiger partial charge in [0.25, 0.3) is 0 Å².